The van der Waals surface area contributed by atoms with E-state index < -0.39 is 0 Å². The Balaban J connectivity index is 1.61. The number of halogens is 1. The smallest absolute Gasteiger partial charge is 0.228 e. The molecule has 0 radical (unpaired) electrons. The van der Waals surface area contributed by atoms with Crippen molar-refractivity contribution in [1.82, 2.24) is 10.2 Å². The SMILES string of the molecule is COc1ccc(COc2ccc(Cl)cc2CC(=O)NC2=CCN(C(C)(C)C)C=C2)cc1. The van der Waals surface area contributed by atoms with E-state index in [0.717, 1.165) is 29.1 Å². The molecule has 1 aliphatic rings. The molecule has 6 heteroatoms. The van der Waals surface area contributed by atoms with E-state index in [4.69, 9.17) is 21.1 Å². The lowest BCUT2D eigenvalue weighted by atomic mass is 10.1. The van der Waals surface area contributed by atoms with E-state index in [1.54, 1.807) is 25.3 Å². The van der Waals surface area contributed by atoms with E-state index in [2.05, 4.69) is 31.0 Å². The molecule has 0 aliphatic carbocycles. The minimum absolute atomic E-state index is 0.0411. The molecule has 0 saturated heterocycles. The molecule has 2 aromatic rings. The molecule has 0 unspecified atom stereocenters. The molecule has 0 saturated carbocycles. The van der Waals surface area contributed by atoms with Crippen molar-refractivity contribution in [3.63, 3.8) is 0 Å². The van der Waals surface area contributed by atoms with Crippen LogP contribution in [0.5, 0.6) is 11.5 Å². The van der Waals surface area contributed by atoms with Gasteiger partial charge in [-0.15, -0.1) is 0 Å². The first-order valence-electron chi connectivity index (χ1n) is 10.2. The Morgan fingerprint density at radius 3 is 2.52 bits per heavy atom. The summed E-state index contributed by atoms with van der Waals surface area (Å²) in [5.74, 6) is 1.32. The van der Waals surface area contributed by atoms with Crippen LogP contribution in [0.3, 0.4) is 0 Å². The van der Waals surface area contributed by atoms with Gasteiger partial charge in [0.1, 0.15) is 18.1 Å². The first-order chi connectivity index (χ1) is 14.7. The van der Waals surface area contributed by atoms with Crippen LogP contribution < -0.4 is 14.8 Å². The number of rotatable bonds is 7. The second-order valence-electron chi connectivity index (χ2n) is 8.41. The zero-order valence-corrected chi connectivity index (χ0v) is 19.2. The third kappa shape index (κ3) is 6.53. The summed E-state index contributed by atoms with van der Waals surface area (Å²) >= 11 is 6.17. The van der Waals surface area contributed by atoms with Crippen molar-refractivity contribution in [2.75, 3.05) is 13.7 Å². The van der Waals surface area contributed by atoms with Gasteiger partial charge in [0.25, 0.3) is 0 Å². The zero-order chi connectivity index (χ0) is 22.4. The molecule has 1 aliphatic heterocycles. The molecule has 5 nitrogen and oxygen atoms in total. The Bertz CT molecular complexity index is 975. The molecule has 0 spiro atoms. The summed E-state index contributed by atoms with van der Waals surface area (Å²) < 4.78 is 11.2. The van der Waals surface area contributed by atoms with Gasteiger partial charge in [0.05, 0.1) is 13.5 Å². The molecule has 1 amide bonds. The maximum atomic E-state index is 12.7. The number of carbonyl (C=O) groups excluding carboxylic acids is 1. The van der Waals surface area contributed by atoms with Crippen LogP contribution in [-0.4, -0.2) is 30.0 Å². The number of carbonyl (C=O) groups is 1. The van der Waals surface area contributed by atoms with Gasteiger partial charge in [-0.3, -0.25) is 4.79 Å². The average molecular weight is 441 g/mol. The van der Waals surface area contributed by atoms with Crippen molar-refractivity contribution in [1.29, 1.82) is 0 Å². The monoisotopic (exact) mass is 440 g/mol. The predicted molar refractivity (Wildman–Crippen MR) is 124 cm³/mol. The maximum Gasteiger partial charge on any atom is 0.228 e. The Labute approximate surface area is 189 Å². The summed E-state index contributed by atoms with van der Waals surface area (Å²) in [6.07, 6.45) is 6.12. The van der Waals surface area contributed by atoms with Gasteiger partial charge in [-0.25, -0.2) is 0 Å². The van der Waals surface area contributed by atoms with Gasteiger partial charge in [-0.2, -0.15) is 0 Å². The molecule has 0 atom stereocenters. The number of amides is 1. The van der Waals surface area contributed by atoms with Crippen molar-refractivity contribution in [3.8, 4) is 11.5 Å². The largest absolute Gasteiger partial charge is 0.497 e. The predicted octanol–water partition coefficient (Wildman–Crippen LogP) is 5.10. The lowest BCUT2D eigenvalue weighted by Crippen LogP contribution is -2.39. The Morgan fingerprint density at radius 2 is 1.90 bits per heavy atom. The van der Waals surface area contributed by atoms with E-state index >= 15 is 0 Å². The molecule has 0 fully saturated rings. The number of benzene rings is 2. The third-order valence-corrected chi connectivity index (χ3v) is 5.25. The maximum absolute atomic E-state index is 12.7. The Hall–Kier alpha value is -2.92. The van der Waals surface area contributed by atoms with Crippen molar-refractivity contribution in [3.05, 3.63) is 82.7 Å². The fourth-order valence-electron chi connectivity index (χ4n) is 3.17. The van der Waals surface area contributed by atoms with Gasteiger partial charge in [-0.05, 0) is 68.8 Å². The lowest BCUT2D eigenvalue weighted by Gasteiger charge is -2.35. The van der Waals surface area contributed by atoms with Gasteiger partial charge in [-0.1, -0.05) is 23.7 Å². The fraction of sp³-hybridized carbons (Fsp3) is 0.320. The summed E-state index contributed by atoms with van der Waals surface area (Å²) in [5, 5.41) is 3.54. The van der Waals surface area contributed by atoms with Crippen LogP contribution in [0.4, 0.5) is 0 Å². The van der Waals surface area contributed by atoms with Crippen LogP contribution >= 0.6 is 11.6 Å². The lowest BCUT2D eigenvalue weighted by molar-refractivity contribution is -0.119. The summed E-state index contributed by atoms with van der Waals surface area (Å²) in [6, 6.07) is 13.0. The number of ether oxygens (including phenoxy) is 2. The van der Waals surface area contributed by atoms with Gasteiger partial charge in [0.15, 0.2) is 0 Å². The van der Waals surface area contributed by atoms with Crippen LogP contribution in [0, 0.1) is 0 Å². The van der Waals surface area contributed by atoms with Gasteiger partial charge >= 0.3 is 0 Å². The zero-order valence-electron chi connectivity index (χ0n) is 18.4. The van der Waals surface area contributed by atoms with Gasteiger partial charge in [0.2, 0.25) is 5.91 Å². The number of methoxy groups -OCH3 is 1. The van der Waals surface area contributed by atoms with E-state index in [-0.39, 0.29) is 17.9 Å². The quantitative estimate of drug-likeness (QED) is 0.650. The topological polar surface area (TPSA) is 50.8 Å². The molecule has 3 rings (SSSR count). The average Bonchev–Trinajstić information content (AvgIpc) is 2.73. The summed E-state index contributed by atoms with van der Waals surface area (Å²) in [7, 11) is 1.64. The Kier molecular flexibility index (Phi) is 7.29. The van der Waals surface area contributed by atoms with E-state index in [0.29, 0.717) is 17.4 Å². The molecule has 0 bridgehead atoms. The minimum Gasteiger partial charge on any atom is -0.497 e. The van der Waals surface area contributed by atoms with E-state index in [1.807, 2.05) is 42.6 Å². The summed E-state index contributed by atoms with van der Waals surface area (Å²) in [5.41, 5.74) is 2.59. The standard InChI is InChI=1S/C25H29ClN2O3/c1-25(2,3)28-13-11-21(12-14-28)27-24(29)16-19-15-20(26)7-10-23(19)31-17-18-5-8-22(30-4)9-6-18/h5-13,15H,14,16-17H2,1-4H3,(H,27,29). The van der Waals surface area contributed by atoms with Crippen LogP contribution in [0.2, 0.25) is 5.02 Å². The van der Waals surface area contributed by atoms with Gasteiger partial charge < -0.3 is 19.7 Å². The highest BCUT2D eigenvalue weighted by atomic mass is 35.5. The molecule has 164 valence electrons. The first-order valence-corrected chi connectivity index (χ1v) is 10.6. The number of allylic oxidation sites excluding steroid dienone is 1. The van der Waals surface area contributed by atoms with Crippen LogP contribution in [0.25, 0.3) is 0 Å². The second-order valence-corrected chi connectivity index (χ2v) is 8.85. The van der Waals surface area contributed by atoms with Crippen LogP contribution in [0.1, 0.15) is 31.9 Å². The van der Waals surface area contributed by atoms with E-state index in [1.165, 1.54) is 0 Å². The Morgan fingerprint density at radius 1 is 1.16 bits per heavy atom. The minimum atomic E-state index is -0.114. The summed E-state index contributed by atoms with van der Waals surface area (Å²) in [6.45, 7) is 7.60. The molecule has 1 N–H and O–H groups in total. The second kappa shape index (κ2) is 9.92. The number of hydrogen-bond acceptors (Lipinski definition) is 4. The summed E-state index contributed by atoms with van der Waals surface area (Å²) in [4.78, 5) is 14.9. The normalized spacial score (nSPS) is 13.6. The van der Waals surface area contributed by atoms with Crippen molar-refractivity contribution >= 4 is 17.5 Å². The highest BCUT2D eigenvalue weighted by Gasteiger charge is 2.19. The molecule has 2 aromatic carbocycles. The number of nitrogens with one attached hydrogen (secondary N) is 1. The van der Waals surface area contributed by atoms with Crippen LogP contribution in [-0.2, 0) is 17.8 Å². The fourth-order valence-corrected chi connectivity index (χ4v) is 3.37. The number of hydrogen-bond donors (Lipinski definition) is 1. The molecular weight excluding hydrogens is 412 g/mol. The highest BCUT2D eigenvalue weighted by molar-refractivity contribution is 6.30. The highest BCUT2D eigenvalue weighted by Crippen LogP contribution is 2.25. The van der Waals surface area contributed by atoms with Crippen molar-refractivity contribution < 1.29 is 14.3 Å². The first kappa shape index (κ1) is 22.8. The molecular formula is C25H29ClN2O3. The third-order valence-electron chi connectivity index (χ3n) is 5.01. The van der Waals surface area contributed by atoms with E-state index in [9.17, 15) is 4.79 Å². The van der Waals surface area contributed by atoms with Gasteiger partial charge in [0, 0.05) is 34.6 Å². The number of nitrogens with zero attached hydrogens (tertiary/aromatic N) is 1. The molecule has 31 heavy (non-hydrogen) atoms. The molecule has 1 heterocycles. The van der Waals surface area contributed by atoms with Crippen molar-refractivity contribution in [2.24, 2.45) is 0 Å². The van der Waals surface area contributed by atoms with Crippen LogP contribution in [0.15, 0.2) is 66.5 Å². The molecule has 0 aromatic heterocycles. The van der Waals surface area contributed by atoms with Crippen molar-refractivity contribution in [2.45, 2.75) is 39.3 Å².